The van der Waals surface area contributed by atoms with Crippen LogP contribution in [0.5, 0.6) is 11.5 Å². The fraction of sp³-hybridized carbons (Fsp3) is 0.542. The van der Waals surface area contributed by atoms with E-state index in [-0.39, 0.29) is 17.9 Å². The van der Waals surface area contributed by atoms with Crippen LogP contribution in [0.15, 0.2) is 23.6 Å². The first kappa shape index (κ1) is 23.5. The number of aryl methyl sites for hydroxylation is 1. The zero-order valence-corrected chi connectivity index (χ0v) is 20.4. The first-order chi connectivity index (χ1) is 16.0. The minimum absolute atomic E-state index is 0.00725. The molecule has 0 N–H and O–H groups in total. The molecule has 0 saturated carbocycles. The first-order valence-electron chi connectivity index (χ1n) is 11.4. The summed E-state index contributed by atoms with van der Waals surface area (Å²) in [5, 5.41) is 2.84. The van der Waals surface area contributed by atoms with Gasteiger partial charge in [0.1, 0.15) is 16.5 Å². The highest BCUT2D eigenvalue weighted by molar-refractivity contribution is 7.09. The van der Waals surface area contributed by atoms with Crippen LogP contribution in [0.3, 0.4) is 0 Å². The maximum absolute atomic E-state index is 13.2. The Hall–Kier alpha value is -2.65. The van der Waals surface area contributed by atoms with Crippen molar-refractivity contribution in [3.63, 3.8) is 0 Å². The molecule has 1 aromatic heterocycles. The summed E-state index contributed by atoms with van der Waals surface area (Å²) in [4.78, 5) is 36.2. The molecular weight excluding hydrogens is 440 g/mol. The molecule has 178 valence electrons. The number of rotatable bonds is 7. The number of aromatic nitrogens is 1. The number of thiazole rings is 1. The van der Waals surface area contributed by atoms with Crippen molar-refractivity contribution in [1.82, 2.24) is 19.7 Å². The number of likely N-dealkylation sites (tertiary alicyclic amines) is 1. The zero-order valence-electron chi connectivity index (χ0n) is 19.6. The van der Waals surface area contributed by atoms with E-state index in [1.165, 1.54) is 11.3 Å². The average molecular weight is 473 g/mol. The maximum Gasteiger partial charge on any atom is 0.237 e. The molecular formula is C24H32N4O4S. The molecule has 0 bridgehead atoms. The highest BCUT2D eigenvalue weighted by Crippen LogP contribution is 2.39. The topological polar surface area (TPSA) is 75.2 Å². The Bertz CT molecular complexity index is 987. The van der Waals surface area contributed by atoms with Gasteiger partial charge in [-0.15, -0.1) is 11.3 Å². The smallest absolute Gasteiger partial charge is 0.237 e. The Labute approximate surface area is 199 Å². The van der Waals surface area contributed by atoms with E-state index in [4.69, 9.17) is 9.47 Å². The van der Waals surface area contributed by atoms with E-state index in [1.807, 2.05) is 40.3 Å². The minimum atomic E-state index is -0.00725. The minimum Gasteiger partial charge on any atom is -0.497 e. The SMILES string of the molecule is COc1ccc(OC)c([C@@H]2CCCN2C(=O)CN2CCN(C(=O)Cc3nc(C)cs3)CC2)c1. The number of carbonyl (C=O) groups excluding carboxylic acids is 2. The van der Waals surface area contributed by atoms with Gasteiger partial charge in [0.15, 0.2) is 0 Å². The Morgan fingerprint density at radius 3 is 2.55 bits per heavy atom. The maximum atomic E-state index is 13.2. The average Bonchev–Trinajstić information content (AvgIpc) is 3.48. The number of hydrogen-bond acceptors (Lipinski definition) is 7. The number of benzene rings is 1. The molecule has 2 fully saturated rings. The number of piperazine rings is 1. The van der Waals surface area contributed by atoms with Crippen molar-refractivity contribution in [2.45, 2.75) is 32.2 Å². The van der Waals surface area contributed by atoms with Gasteiger partial charge in [0.25, 0.3) is 0 Å². The van der Waals surface area contributed by atoms with Crippen LogP contribution in [-0.4, -0.2) is 85.0 Å². The van der Waals surface area contributed by atoms with Crippen LogP contribution in [-0.2, 0) is 16.0 Å². The summed E-state index contributed by atoms with van der Waals surface area (Å²) in [7, 11) is 3.30. The number of methoxy groups -OCH3 is 2. The molecule has 2 aromatic rings. The highest BCUT2D eigenvalue weighted by Gasteiger charge is 2.33. The Balaban J connectivity index is 1.33. The molecule has 4 rings (SSSR count). The zero-order chi connectivity index (χ0) is 23.4. The summed E-state index contributed by atoms with van der Waals surface area (Å²) >= 11 is 1.53. The molecule has 2 amide bonds. The summed E-state index contributed by atoms with van der Waals surface area (Å²) in [6.07, 6.45) is 2.23. The van der Waals surface area contributed by atoms with Crippen molar-refractivity contribution >= 4 is 23.2 Å². The summed E-state index contributed by atoms with van der Waals surface area (Å²) in [6.45, 7) is 5.75. The lowest BCUT2D eigenvalue weighted by Gasteiger charge is -2.36. The predicted octanol–water partition coefficient (Wildman–Crippen LogP) is 2.52. The monoisotopic (exact) mass is 472 g/mol. The summed E-state index contributed by atoms with van der Waals surface area (Å²) in [5.41, 5.74) is 1.95. The quantitative estimate of drug-likeness (QED) is 0.617. The van der Waals surface area contributed by atoms with Crippen molar-refractivity contribution in [3.05, 3.63) is 39.8 Å². The number of nitrogens with zero attached hydrogens (tertiary/aromatic N) is 4. The van der Waals surface area contributed by atoms with E-state index in [0.29, 0.717) is 39.1 Å². The standard InChI is InChI=1S/C24H32N4O4S/c1-17-16-33-22(25-17)14-23(29)27-11-9-26(10-12-27)15-24(30)28-8-4-5-20(28)19-13-18(31-2)6-7-21(19)32-3/h6-7,13,16,20H,4-5,8-12,14-15H2,1-3H3/t20-/m0/s1. The van der Waals surface area contributed by atoms with Crippen LogP contribution >= 0.6 is 11.3 Å². The number of carbonyl (C=O) groups is 2. The fourth-order valence-electron chi connectivity index (χ4n) is 4.65. The second-order valence-corrected chi connectivity index (χ2v) is 9.51. The van der Waals surface area contributed by atoms with Crippen LogP contribution in [0, 0.1) is 6.92 Å². The van der Waals surface area contributed by atoms with Gasteiger partial charge in [0.2, 0.25) is 11.8 Å². The van der Waals surface area contributed by atoms with Gasteiger partial charge in [-0.25, -0.2) is 4.98 Å². The third-order valence-electron chi connectivity index (χ3n) is 6.42. The van der Waals surface area contributed by atoms with Crippen molar-refractivity contribution in [3.8, 4) is 11.5 Å². The first-order valence-corrected chi connectivity index (χ1v) is 12.3. The molecule has 0 radical (unpaired) electrons. The number of amides is 2. The molecule has 2 saturated heterocycles. The van der Waals surface area contributed by atoms with Crippen LogP contribution in [0.25, 0.3) is 0 Å². The van der Waals surface area contributed by atoms with E-state index < -0.39 is 0 Å². The van der Waals surface area contributed by atoms with Gasteiger partial charge in [-0.05, 0) is 38.0 Å². The second kappa shape index (κ2) is 10.5. The van der Waals surface area contributed by atoms with Crippen LogP contribution < -0.4 is 9.47 Å². The third kappa shape index (κ3) is 5.47. The van der Waals surface area contributed by atoms with E-state index in [1.54, 1.807) is 14.2 Å². The molecule has 2 aliphatic rings. The summed E-state index contributed by atoms with van der Waals surface area (Å²) in [5.74, 6) is 1.78. The van der Waals surface area contributed by atoms with Crippen molar-refractivity contribution < 1.29 is 19.1 Å². The number of ether oxygens (including phenoxy) is 2. The molecule has 9 heteroatoms. The molecule has 2 aliphatic heterocycles. The van der Waals surface area contributed by atoms with E-state index in [0.717, 1.165) is 47.2 Å². The van der Waals surface area contributed by atoms with E-state index in [2.05, 4.69) is 9.88 Å². The third-order valence-corrected chi connectivity index (χ3v) is 7.39. The van der Waals surface area contributed by atoms with Crippen LogP contribution in [0.4, 0.5) is 0 Å². The highest BCUT2D eigenvalue weighted by atomic mass is 32.1. The lowest BCUT2D eigenvalue weighted by atomic mass is 10.0. The van der Waals surface area contributed by atoms with Gasteiger partial charge in [0.05, 0.1) is 33.2 Å². The molecule has 33 heavy (non-hydrogen) atoms. The molecule has 0 aliphatic carbocycles. The van der Waals surface area contributed by atoms with Gasteiger partial charge < -0.3 is 19.3 Å². The normalized spacial score (nSPS) is 19.1. The summed E-state index contributed by atoms with van der Waals surface area (Å²) < 4.78 is 11.0. The summed E-state index contributed by atoms with van der Waals surface area (Å²) in [6, 6.07) is 5.74. The van der Waals surface area contributed by atoms with Crippen molar-refractivity contribution in [2.24, 2.45) is 0 Å². The lowest BCUT2D eigenvalue weighted by molar-refractivity contribution is -0.135. The van der Waals surface area contributed by atoms with Gasteiger partial charge in [-0.3, -0.25) is 14.5 Å². The van der Waals surface area contributed by atoms with Crippen LogP contribution in [0.2, 0.25) is 0 Å². The van der Waals surface area contributed by atoms with Crippen LogP contribution in [0.1, 0.15) is 35.1 Å². The lowest BCUT2D eigenvalue weighted by Crippen LogP contribution is -2.51. The molecule has 1 aromatic carbocycles. The Kier molecular flexibility index (Phi) is 7.49. The molecule has 3 heterocycles. The van der Waals surface area contributed by atoms with Gasteiger partial charge in [-0.2, -0.15) is 0 Å². The Morgan fingerprint density at radius 2 is 1.88 bits per heavy atom. The largest absolute Gasteiger partial charge is 0.497 e. The van der Waals surface area contributed by atoms with E-state index in [9.17, 15) is 9.59 Å². The van der Waals surface area contributed by atoms with E-state index >= 15 is 0 Å². The van der Waals surface area contributed by atoms with Crippen molar-refractivity contribution in [2.75, 3.05) is 53.5 Å². The Morgan fingerprint density at radius 1 is 1.09 bits per heavy atom. The predicted molar refractivity (Wildman–Crippen MR) is 127 cm³/mol. The van der Waals surface area contributed by atoms with Gasteiger partial charge in [0, 0.05) is 49.4 Å². The number of hydrogen-bond donors (Lipinski definition) is 0. The molecule has 0 spiro atoms. The molecule has 1 atom stereocenters. The van der Waals surface area contributed by atoms with Gasteiger partial charge in [-0.1, -0.05) is 0 Å². The molecule has 8 nitrogen and oxygen atoms in total. The van der Waals surface area contributed by atoms with Gasteiger partial charge >= 0.3 is 0 Å². The molecule has 0 unspecified atom stereocenters. The second-order valence-electron chi connectivity index (χ2n) is 8.57. The van der Waals surface area contributed by atoms with Crippen molar-refractivity contribution in [1.29, 1.82) is 0 Å². The fourth-order valence-corrected chi connectivity index (χ4v) is 5.41.